The highest BCUT2D eigenvalue weighted by Gasteiger charge is 2.26. The molecule has 3 aromatic carbocycles. The summed E-state index contributed by atoms with van der Waals surface area (Å²) >= 11 is 0. The first-order chi connectivity index (χ1) is 13.0. The highest BCUT2D eigenvalue weighted by Crippen LogP contribution is 2.28. The normalized spacial score (nSPS) is 11.0. The van der Waals surface area contributed by atoms with E-state index < -0.39 is 10.0 Å². The lowest BCUT2D eigenvalue weighted by Gasteiger charge is -2.24. The highest BCUT2D eigenvalue weighted by molar-refractivity contribution is 7.93. The van der Waals surface area contributed by atoms with Gasteiger partial charge in [0.15, 0.2) is 0 Å². The molecule has 0 bridgehead atoms. The fraction of sp³-hybridized carbons (Fsp3) is 0.0952. The lowest BCUT2D eigenvalue weighted by Crippen LogP contribution is -2.31. The second kappa shape index (κ2) is 8.05. The SMILES string of the molecule is CCN(c1ccccc1)S(=O)(=O)c1ccccc1NC(=O)c1ccccc1. The van der Waals surface area contributed by atoms with Crippen molar-refractivity contribution in [3.05, 3.63) is 90.5 Å². The standard InChI is InChI=1S/C21H20N2O3S/c1-2-23(18-13-7-4-8-14-18)27(25,26)20-16-10-9-15-19(20)22-21(24)17-11-5-3-6-12-17/h3-16H,2H2,1H3,(H,22,24). The van der Waals surface area contributed by atoms with Crippen molar-refractivity contribution in [2.24, 2.45) is 0 Å². The van der Waals surface area contributed by atoms with Crippen molar-refractivity contribution in [2.75, 3.05) is 16.2 Å². The number of nitrogens with zero attached hydrogens (tertiary/aromatic N) is 1. The summed E-state index contributed by atoms with van der Waals surface area (Å²) in [5, 5.41) is 2.72. The maximum atomic E-state index is 13.3. The van der Waals surface area contributed by atoms with E-state index in [0.717, 1.165) is 0 Å². The van der Waals surface area contributed by atoms with E-state index in [4.69, 9.17) is 0 Å². The molecule has 0 spiro atoms. The zero-order valence-electron chi connectivity index (χ0n) is 14.9. The molecule has 0 aliphatic carbocycles. The molecule has 1 N–H and O–H groups in total. The first kappa shape index (κ1) is 18.7. The molecule has 0 heterocycles. The molecular formula is C21H20N2O3S. The third-order valence-corrected chi connectivity index (χ3v) is 6.03. The summed E-state index contributed by atoms with van der Waals surface area (Å²) in [5.41, 5.74) is 1.28. The van der Waals surface area contributed by atoms with Crippen LogP contribution >= 0.6 is 0 Å². The molecule has 0 aliphatic rings. The van der Waals surface area contributed by atoms with Gasteiger partial charge in [-0.1, -0.05) is 48.5 Å². The van der Waals surface area contributed by atoms with Crippen LogP contribution in [0.2, 0.25) is 0 Å². The predicted octanol–water partition coefficient (Wildman–Crippen LogP) is 4.15. The number of rotatable bonds is 6. The third-order valence-electron chi connectivity index (χ3n) is 4.07. The molecule has 0 radical (unpaired) electrons. The molecule has 0 fully saturated rings. The molecule has 138 valence electrons. The number of amides is 1. The van der Waals surface area contributed by atoms with Crippen molar-refractivity contribution >= 4 is 27.3 Å². The summed E-state index contributed by atoms with van der Waals surface area (Å²) in [6.07, 6.45) is 0. The zero-order chi connectivity index (χ0) is 19.3. The van der Waals surface area contributed by atoms with Crippen LogP contribution in [0.5, 0.6) is 0 Å². The first-order valence-corrected chi connectivity index (χ1v) is 10.0. The number of hydrogen-bond donors (Lipinski definition) is 1. The predicted molar refractivity (Wildman–Crippen MR) is 107 cm³/mol. The van der Waals surface area contributed by atoms with Gasteiger partial charge >= 0.3 is 0 Å². The molecule has 5 nitrogen and oxygen atoms in total. The Morgan fingerprint density at radius 2 is 1.41 bits per heavy atom. The molecule has 0 unspecified atom stereocenters. The number of nitrogens with one attached hydrogen (secondary N) is 1. The van der Waals surface area contributed by atoms with Crippen LogP contribution in [0.25, 0.3) is 0 Å². The molecule has 3 aromatic rings. The lowest BCUT2D eigenvalue weighted by atomic mass is 10.2. The fourth-order valence-corrected chi connectivity index (χ4v) is 4.41. The quantitative estimate of drug-likeness (QED) is 0.698. The zero-order valence-corrected chi connectivity index (χ0v) is 15.7. The Morgan fingerprint density at radius 1 is 0.852 bits per heavy atom. The number of carbonyl (C=O) groups is 1. The van der Waals surface area contributed by atoms with Crippen molar-refractivity contribution in [1.82, 2.24) is 0 Å². The Kier molecular flexibility index (Phi) is 5.57. The number of anilines is 2. The van der Waals surface area contributed by atoms with Crippen molar-refractivity contribution < 1.29 is 13.2 Å². The van der Waals surface area contributed by atoms with Gasteiger partial charge in [-0.25, -0.2) is 8.42 Å². The maximum Gasteiger partial charge on any atom is 0.266 e. The molecular weight excluding hydrogens is 360 g/mol. The van der Waals surface area contributed by atoms with E-state index in [2.05, 4.69) is 5.32 Å². The van der Waals surface area contributed by atoms with Crippen LogP contribution in [-0.4, -0.2) is 20.9 Å². The Hall–Kier alpha value is -3.12. The van der Waals surface area contributed by atoms with Crippen molar-refractivity contribution in [2.45, 2.75) is 11.8 Å². The van der Waals surface area contributed by atoms with E-state index in [-0.39, 0.29) is 23.0 Å². The van der Waals surface area contributed by atoms with E-state index >= 15 is 0 Å². The van der Waals surface area contributed by atoms with E-state index in [1.165, 1.54) is 10.4 Å². The van der Waals surface area contributed by atoms with Crippen LogP contribution in [0.4, 0.5) is 11.4 Å². The first-order valence-electron chi connectivity index (χ1n) is 8.57. The van der Waals surface area contributed by atoms with E-state index in [1.54, 1.807) is 73.7 Å². The second-order valence-electron chi connectivity index (χ2n) is 5.82. The molecule has 3 rings (SSSR count). The topological polar surface area (TPSA) is 66.5 Å². The average molecular weight is 380 g/mol. The van der Waals surface area contributed by atoms with E-state index in [9.17, 15) is 13.2 Å². The summed E-state index contributed by atoms with van der Waals surface area (Å²) in [6, 6.07) is 24.0. The number of para-hydroxylation sites is 2. The van der Waals surface area contributed by atoms with Gasteiger partial charge in [0.05, 0.1) is 11.4 Å². The van der Waals surface area contributed by atoms with Crippen LogP contribution < -0.4 is 9.62 Å². The number of carbonyl (C=O) groups excluding carboxylic acids is 1. The molecule has 1 amide bonds. The van der Waals surface area contributed by atoms with Crippen LogP contribution in [0.3, 0.4) is 0 Å². The molecule has 0 saturated carbocycles. The van der Waals surface area contributed by atoms with Crippen LogP contribution in [-0.2, 0) is 10.0 Å². The van der Waals surface area contributed by atoms with Gasteiger partial charge in [-0.05, 0) is 43.3 Å². The minimum absolute atomic E-state index is 0.0555. The van der Waals surface area contributed by atoms with Crippen LogP contribution in [0.1, 0.15) is 17.3 Å². The van der Waals surface area contributed by atoms with Gasteiger partial charge in [0, 0.05) is 12.1 Å². The summed E-state index contributed by atoms with van der Waals surface area (Å²) in [5.74, 6) is -0.360. The molecule has 0 aliphatic heterocycles. The van der Waals surface area contributed by atoms with Gasteiger partial charge < -0.3 is 5.32 Å². The summed E-state index contributed by atoms with van der Waals surface area (Å²) < 4.78 is 27.9. The van der Waals surface area contributed by atoms with Gasteiger partial charge in [-0.3, -0.25) is 9.10 Å². The van der Waals surface area contributed by atoms with Crippen LogP contribution in [0, 0.1) is 0 Å². The number of sulfonamides is 1. The smallest absolute Gasteiger partial charge is 0.266 e. The van der Waals surface area contributed by atoms with Gasteiger partial charge in [-0.15, -0.1) is 0 Å². The average Bonchev–Trinajstić information content (AvgIpc) is 2.70. The number of hydrogen-bond acceptors (Lipinski definition) is 3. The third kappa shape index (κ3) is 4.01. The summed E-state index contributed by atoms with van der Waals surface area (Å²) in [7, 11) is -3.84. The number of benzene rings is 3. The molecule has 0 atom stereocenters. The van der Waals surface area contributed by atoms with Crippen LogP contribution in [0.15, 0.2) is 89.8 Å². The highest BCUT2D eigenvalue weighted by atomic mass is 32.2. The fourth-order valence-electron chi connectivity index (χ4n) is 2.78. The Labute approximate surface area is 159 Å². The van der Waals surface area contributed by atoms with Gasteiger partial charge in [-0.2, -0.15) is 0 Å². The summed E-state index contributed by atoms with van der Waals surface area (Å²) in [6.45, 7) is 2.04. The van der Waals surface area contributed by atoms with Gasteiger partial charge in [0.1, 0.15) is 4.90 Å². The lowest BCUT2D eigenvalue weighted by molar-refractivity contribution is 0.102. The van der Waals surface area contributed by atoms with E-state index in [0.29, 0.717) is 11.3 Å². The van der Waals surface area contributed by atoms with E-state index in [1.807, 2.05) is 12.1 Å². The largest absolute Gasteiger partial charge is 0.321 e. The van der Waals surface area contributed by atoms with Crippen molar-refractivity contribution in [3.63, 3.8) is 0 Å². The minimum atomic E-state index is -3.84. The Balaban J connectivity index is 1.98. The second-order valence-corrected chi connectivity index (χ2v) is 7.65. The summed E-state index contributed by atoms with van der Waals surface area (Å²) in [4.78, 5) is 12.5. The molecule has 0 aromatic heterocycles. The monoisotopic (exact) mass is 380 g/mol. The molecule has 27 heavy (non-hydrogen) atoms. The maximum absolute atomic E-state index is 13.3. The molecule has 0 saturated heterocycles. The molecule has 6 heteroatoms. The van der Waals surface area contributed by atoms with Gasteiger partial charge in [0.2, 0.25) is 0 Å². The van der Waals surface area contributed by atoms with Crippen molar-refractivity contribution in [1.29, 1.82) is 0 Å². The van der Waals surface area contributed by atoms with Crippen molar-refractivity contribution in [3.8, 4) is 0 Å². The minimum Gasteiger partial charge on any atom is -0.321 e. The Bertz CT molecular complexity index is 1020. The van der Waals surface area contributed by atoms with Gasteiger partial charge in [0.25, 0.3) is 15.9 Å². The Morgan fingerprint density at radius 3 is 2.04 bits per heavy atom.